The molecule has 1 N–H and O–H groups in total. The van der Waals surface area contributed by atoms with Crippen LogP contribution in [0, 0.1) is 24.1 Å². The summed E-state index contributed by atoms with van der Waals surface area (Å²) in [5.74, 6) is -0.359. The van der Waals surface area contributed by atoms with Crippen molar-refractivity contribution in [2.24, 2.45) is 0 Å². The third-order valence-electron chi connectivity index (χ3n) is 4.70. The fourth-order valence-electron chi connectivity index (χ4n) is 3.18. The third-order valence-corrected chi connectivity index (χ3v) is 5.07. The van der Waals surface area contributed by atoms with Gasteiger partial charge in [0, 0.05) is 29.2 Å². The Morgan fingerprint density at radius 1 is 1.32 bits per heavy atom. The van der Waals surface area contributed by atoms with E-state index in [0.29, 0.717) is 28.3 Å². The van der Waals surface area contributed by atoms with Crippen LogP contribution in [0.3, 0.4) is 0 Å². The lowest BCUT2D eigenvalue weighted by Gasteiger charge is -2.11. The van der Waals surface area contributed by atoms with Gasteiger partial charge in [-0.2, -0.15) is 5.26 Å². The van der Waals surface area contributed by atoms with Gasteiger partial charge < -0.3 is 10.1 Å². The van der Waals surface area contributed by atoms with Gasteiger partial charge in [-0.25, -0.2) is 14.4 Å². The van der Waals surface area contributed by atoms with Gasteiger partial charge in [-0.1, -0.05) is 11.6 Å². The Labute approximate surface area is 181 Å². The number of nitrogens with one attached hydrogen (secondary N) is 1. The Morgan fingerprint density at radius 3 is 2.90 bits per heavy atom. The van der Waals surface area contributed by atoms with Crippen molar-refractivity contribution in [1.29, 1.82) is 5.26 Å². The smallest absolute Gasteiger partial charge is 0.184 e. The van der Waals surface area contributed by atoms with Crippen LogP contribution < -0.4 is 10.1 Å². The maximum atomic E-state index is 14.6. The molecule has 4 aromatic rings. The number of carbonyl (C=O) groups is 1. The number of hydrogen-bond acceptors (Lipinski definition) is 6. The van der Waals surface area contributed by atoms with Crippen LogP contribution >= 0.6 is 11.6 Å². The molecule has 31 heavy (non-hydrogen) atoms. The average Bonchev–Trinajstić information content (AvgIpc) is 3.20. The molecular formula is C22H15ClFN5O2. The molecule has 9 heteroatoms. The van der Waals surface area contributed by atoms with Gasteiger partial charge in [-0.15, -0.1) is 0 Å². The molecule has 0 atom stereocenters. The fraction of sp³-hybridized carbons (Fsp3) is 0.0909. The van der Waals surface area contributed by atoms with E-state index in [-0.39, 0.29) is 17.4 Å². The van der Waals surface area contributed by atoms with Crippen LogP contribution in [-0.2, 0) is 0 Å². The number of halogens is 2. The van der Waals surface area contributed by atoms with Crippen LogP contribution in [0.1, 0.15) is 15.9 Å². The number of aryl methyl sites for hydroxylation is 1. The highest BCUT2D eigenvalue weighted by Gasteiger charge is 2.18. The fourth-order valence-corrected chi connectivity index (χ4v) is 3.43. The molecule has 154 valence electrons. The Bertz CT molecular complexity index is 1350. The van der Waals surface area contributed by atoms with Crippen LogP contribution in [-0.4, -0.2) is 27.3 Å². The van der Waals surface area contributed by atoms with Gasteiger partial charge in [0.25, 0.3) is 0 Å². The number of aldehydes is 1. The van der Waals surface area contributed by atoms with Crippen molar-refractivity contribution in [2.45, 2.75) is 6.92 Å². The summed E-state index contributed by atoms with van der Waals surface area (Å²) in [6.45, 7) is 1.56. The molecule has 2 aromatic heterocycles. The maximum absolute atomic E-state index is 14.6. The Hall–Kier alpha value is -3.96. The van der Waals surface area contributed by atoms with Crippen LogP contribution in [0.2, 0.25) is 5.02 Å². The lowest BCUT2D eigenvalue weighted by molar-refractivity contribution is 0.112. The molecular weight excluding hydrogens is 421 g/mol. The Morgan fingerprint density at radius 2 is 2.16 bits per heavy atom. The van der Waals surface area contributed by atoms with Gasteiger partial charge in [-0.3, -0.25) is 9.20 Å². The second-order valence-electron chi connectivity index (χ2n) is 6.61. The average molecular weight is 436 g/mol. The summed E-state index contributed by atoms with van der Waals surface area (Å²) in [4.78, 5) is 19.8. The first-order valence-corrected chi connectivity index (χ1v) is 9.54. The van der Waals surface area contributed by atoms with E-state index >= 15 is 0 Å². The van der Waals surface area contributed by atoms with E-state index in [0.717, 1.165) is 17.5 Å². The molecule has 0 aliphatic carbocycles. The highest BCUT2D eigenvalue weighted by Crippen LogP contribution is 2.35. The minimum absolute atomic E-state index is 0.0951. The van der Waals surface area contributed by atoms with E-state index in [1.807, 2.05) is 13.0 Å². The molecule has 2 heterocycles. The molecule has 4 rings (SSSR count). The zero-order valence-corrected chi connectivity index (χ0v) is 17.0. The second kappa shape index (κ2) is 8.42. The highest BCUT2D eigenvalue weighted by molar-refractivity contribution is 6.33. The second-order valence-corrected chi connectivity index (χ2v) is 6.99. The molecule has 0 amide bonds. The number of fused-ring (bicyclic) bond motifs is 1. The molecule has 0 fully saturated rings. The van der Waals surface area contributed by atoms with E-state index in [4.69, 9.17) is 21.6 Å². The Balaban J connectivity index is 1.73. The highest BCUT2D eigenvalue weighted by atomic mass is 35.5. The molecule has 0 saturated carbocycles. The van der Waals surface area contributed by atoms with Crippen molar-refractivity contribution in [2.75, 3.05) is 11.9 Å². The van der Waals surface area contributed by atoms with Gasteiger partial charge in [0.2, 0.25) is 0 Å². The molecule has 0 spiro atoms. The van der Waals surface area contributed by atoms with Crippen LogP contribution in [0.5, 0.6) is 5.75 Å². The first kappa shape index (κ1) is 20.3. The van der Waals surface area contributed by atoms with E-state index in [2.05, 4.69) is 15.3 Å². The predicted molar refractivity (Wildman–Crippen MR) is 114 cm³/mol. The number of benzene rings is 2. The van der Waals surface area contributed by atoms with Crippen LogP contribution in [0.15, 0.2) is 48.9 Å². The van der Waals surface area contributed by atoms with Crippen molar-refractivity contribution < 1.29 is 13.9 Å². The molecule has 0 unspecified atom stereocenters. The van der Waals surface area contributed by atoms with E-state index in [1.165, 1.54) is 6.07 Å². The van der Waals surface area contributed by atoms with Crippen molar-refractivity contribution in [1.82, 2.24) is 14.4 Å². The lowest BCUT2D eigenvalue weighted by Crippen LogP contribution is -2.00. The van der Waals surface area contributed by atoms with Crippen molar-refractivity contribution in [3.05, 3.63) is 70.9 Å². The number of carbonyl (C=O) groups excluding carboxylic acids is 1. The molecule has 0 aliphatic heterocycles. The van der Waals surface area contributed by atoms with Gasteiger partial charge in [0.15, 0.2) is 29.6 Å². The minimum atomic E-state index is -0.748. The lowest BCUT2D eigenvalue weighted by atomic mass is 10.1. The number of ether oxygens (including phenoxy) is 1. The number of imidazole rings is 1. The van der Waals surface area contributed by atoms with Gasteiger partial charge in [0.1, 0.15) is 12.4 Å². The number of nitrogens with zero attached hydrogens (tertiary/aromatic N) is 4. The summed E-state index contributed by atoms with van der Waals surface area (Å²) < 4.78 is 21.4. The first-order valence-electron chi connectivity index (χ1n) is 9.16. The van der Waals surface area contributed by atoms with Crippen molar-refractivity contribution >= 4 is 35.0 Å². The zero-order valence-electron chi connectivity index (χ0n) is 16.3. The largest absolute Gasteiger partial charge is 0.476 e. The van der Waals surface area contributed by atoms with Gasteiger partial charge in [0.05, 0.1) is 16.9 Å². The normalized spacial score (nSPS) is 10.6. The van der Waals surface area contributed by atoms with E-state index in [9.17, 15) is 9.18 Å². The summed E-state index contributed by atoms with van der Waals surface area (Å²) in [6, 6.07) is 10.2. The summed E-state index contributed by atoms with van der Waals surface area (Å²) in [5.41, 5.74) is 3.67. The van der Waals surface area contributed by atoms with E-state index < -0.39 is 5.82 Å². The topological polar surface area (TPSA) is 92.3 Å². The van der Waals surface area contributed by atoms with Gasteiger partial charge >= 0.3 is 0 Å². The molecule has 0 radical (unpaired) electrons. The number of hydrogen-bond donors (Lipinski definition) is 1. The standard InChI is InChI=1S/C22H15ClFN5O2/c1-13-10-15(3-2-14(13)12-30)28-21-22-27-11-17(29(22)8-7-26-21)16-4-5-18(31-9-6-25)20(24)19(16)23/h2-5,7-8,10-12H,9H2,1H3,(H,26,28). The number of nitriles is 1. The minimum Gasteiger partial charge on any atom is -0.476 e. The van der Waals surface area contributed by atoms with Crippen molar-refractivity contribution in [3.8, 4) is 23.1 Å². The number of anilines is 2. The van der Waals surface area contributed by atoms with Crippen LogP contribution in [0.25, 0.3) is 16.9 Å². The number of rotatable bonds is 6. The molecule has 7 nitrogen and oxygen atoms in total. The first-order chi connectivity index (χ1) is 15.0. The maximum Gasteiger partial charge on any atom is 0.184 e. The van der Waals surface area contributed by atoms with Gasteiger partial charge in [-0.05, 0) is 42.8 Å². The molecule has 2 aromatic carbocycles. The molecule has 0 saturated heterocycles. The SMILES string of the molecule is Cc1cc(Nc2nccn3c(-c4ccc(OCC#N)c(F)c4Cl)cnc23)ccc1C=O. The zero-order chi connectivity index (χ0) is 22.0. The summed E-state index contributed by atoms with van der Waals surface area (Å²) in [6.07, 6.45) is 5.65. The molecule has 0 aliphatic rings. The third kappa shape index (κ3) is 3.79. The van der Waals surface area contributed by atoms with E-state index in [1.54, 1.807) is 47.3 Å². The van der Waals surface area contributed by atoms with Crippen LogP contribution in [0.4, 0.5) is 15.9 Å². The molecule has 0 bridgehead atoms. The summed E-state index contributed by atoms with van der Waals surface area (Å²) in [5, 5.41) is 11.7. The predicted octanol–water partition coefficient (Wildman–Crippen LogP) is 4.96. The summed E-state index contributed by atoms with van der Waals surface area (Å²) in [7, 11) is 0. The quantitative estimate of drug-likeness (QED) is 0.430. The Kier molecular flexibility index (Phi) is 5.52. The summed E-state index contributed by atoms with van der Waals surface area (Å²) >= 11 is 6.25. The number of aromatic nitrogens is 3. The van der Waals surface area contributed by atoms with Crippen molar-refractivity contribution in [3.63, 3.8) is 0 Å². The monoisotopic (exact) mass is 435 g/mol.